The van der Waals surface area contributed by atoms with Gasteiger partial charge in [-0.2, -0.15) is 4.98 Å². The summed E-state index contributed by atoms with van der Waals surface area (Å²) < 4.78 is 19.3. The van der Waals surface area contributed by atoms with Crippen molar-refractivity contribution in [2.24, 2.45) is 0 Å². The van der Waals surface area contributed by atoms with Crippen LogP contribution in [0.3, 0.4) is 0 Å². The van der Waals surface area contributed by atoms with E-state index in [0.717, 1.165) is 23.3 Å². The van der Waals surface area contributed by atoms with E-state index >= 15 is 0 Å². The van der Waals surface area contributed by atoms with Crippen molar-refractivity contribution < 1.29 is 14.0 Å². The summed E-state index contributed by atoms with van der Waals surface area (Å²) in [4.78, 5) is 38.1. The zero-order valence-corrected chi connectivity index (χ0v) is 22.8. The minimum Gasteiger partial charge on any atom is -0.497 e. The zero-order valence-electron chi connectivity index (χ0n) is 22.8. The van der Waals surface area contributed by atoms with Gasteiger partial charge in [0.05, 0.1) is 13.7 Å². The monoisotopic (exact) mass is 544 g/mol. The smallest absolute Gasteiger partial charge is 0.332 e. The number of benzene rings is 2. The molecule has 0 atom stereocenters. The van der Waals surface area contributed by atoms with E-state index in [2.05, 4.69) is 20.1 Å². The van der Waals surface area contributed by atoms with Gasteiger partial charge in [0.15, 0.2) is 11.5 Å². The van der Waals surface area contributed by atoms with Gasteiger partial charge in [0.25, 0.3) is 11.4 Å². The van der Waals surface area contributed by atoms with Crippen LogP contribution in [-0.4, -0.2) is 43.0 Å². The molecule has 0 amide bonds. The van der Waals surface area contributed by atoms with Crippen LogP contribution in [0.15, 0.2) is 62.6 Å². The summed E-state index contributed by atoms with van der Waals surface area (Å²) in [6.45, 7) is 5.27. The van der Waals surface area contributed by atoms with Crippen LogP contribution in [0.2, 0.25) is 0 Å². The molecule has 0 saturated heterocycles. The van der Waals surface area contributed by atoms with E-state index in [9.17, 15) is 9.59 Å². The summed E-state index contributed by atoms with van der Waals surface area (Å²) in [6, 6.07) is 14.9. The average Bonchev–Trinajstić information content (AvgIpc) is 3.64. The maximum Gasteiger partial charge on any atom is 0.332 e. The molecule has 0 aliphatic heterocycles. The highest BCUT2D eigenvalue weighted by Gasteiger charge is 2.17. The molecule has 11 heteroatoms. The SMILES string of the molecule is CCCn1c(=O)c2[nH]c(-c3ccc(OCCCc4noc(-c5ccc(OC)cc5)n4)cc3)nc2n(CCC)c1=O. The van der Waals surface area contributed by atoms with E-state index in [4.69, 9.17) is 14.0 Å². The third-order valence-corrected chi connectivity index (χ3v) is 6.50. The molecule has 0 spiro atoms. The van der Waals surface area contributed by atoms with E-state index in [-0.39, 0.29) is 11.2 Å². The minimum absolute atomic E-state index is 0.319. The molecule has 11 nitrogen and oxygen atoms in total. The van der Waals surface area contributed by atoms with Crippen molar-refractivity contribution in [2.45, 2.75) is 52.6 Å². The number of ether oxygens (including phenoxy) is 2. The third kappa shape index (κ3) is 5.54. The lowest BCUT2D eigenvalue weighted by Crippen LogP contribution is -2.40. The molecule has 0 fully saturated rings. The molecule has 3 heterocycles. The summed E-state index contributed by atoms with van der Waals surface area (Å²) in [7, 11) is 1.62. The van der Waals surface area contributed by atoms with E-state index < -0.39 is 0 Å². The van der Waals surface area contributed by atoms with Crippen molar-refractivity contribution in [3.63, 3.8) is 0 Å². The molecule has 0 saturated carbocycles. The lowest BCUT2D eigenvalue weighted by Gasteiger charge is -2.09. The molecule has 208 valence electrons. The number of aromatic amines is 1. The second-order valence-electron chi connectivity index (χ2n) is 9.40. The largest absolute Gasteiger partial charge is 0.497 e. The molecule has 3 aromatic heterocycles. The van der Waals surface area contributed by atoms with E-state index in [1.807, 2.05) is 62.4 Å². The maximum atomic E-state index is 13.0. The molecule has 0 aliphatic carbocycles. The van der Waals surface area contributed by atoms with Crippen molar-refractivity contribution in [1.82, 2.24) is 29.2 Å². The van der Waals surface area contributed by atoms with Crippen molar-refractivity contribution in [1.29, 1.82) is 0 Å². The number of hydrogen-bond donors (Lipinski definition) is 1. The Labute approximate surface area is 230 Å². The van der Waals surface area contributed by atoms with E-state index in [1.54, 1.807) is 11.7 Å². The highest BCUT2D eigenvalue weighted by atomic mass is 16.5. The predicted molar refractivity (Wildman–Crippen MR) is 151 cm³/mol. The van der Waals surface area contributed by atoms with Crippen LogP contribution in [0.5, 0.6) is 11.5 Å². The molecule has 0 radical (unpaired) electrons. The van der Waals surface area contributed by atoms with Gasteiger partial charge in [-0.25, -0.2) is 9.78 Å². The number of nitrogens with one attached hydrogen (secondary N) is 1. The lowest BCUT2D eigenvalue weighted by molar-refractivity contribution is 0.308. The number of nitrogens with zero attached hydrogens (tertiary/aromatic N) is 5. The minimum atomic E-state index is -0.342. The molecule has 0 bridgehead atoms. The highest BCUT2D eigenvalue weighted by molar-refractivity contribution is 5.75. The van der Waals surface area contributed by atoms with Crippen molar-refractivity contribution in [3.05, 3.63) is 75.2 Å². The van der Waals surface area contributed by atoms with Crippen molar-refractivity contribution in [3.8, 4) is 34.3 Å². The summed E-state index contributed by atoms with van der Waals surface area (Å²) in [5, 5.41) is 4.06. The molecule has 5 aromatic rings. The van der Waals surface area contributed by atoms with Crippen LogP contribution in [0, 0.1) is 0 Å². The molecular formula is C29H32N6O5. The number of fused-ring (bicyclic) bond motifs is 1. The van der Waals surface area contributed by atoms with E-state index in [1.165, 1.54) is 4.57 Å². The Hall–Kier alpha value is -4.67. The predicted octanol–water partition coefficient (Wildman–Crippen LogP) is 4.44. The normalized spacial score (nSPS) is 11.3. The van der Waals surface area contributed by atoms with Gasteiger partial charge in [0.1, 0.15) is 22.8 Å². The molecular weight excluding hydrogens is 512 g/mol. The number of H-pyrrole nitrogens is 1. The third-order valence-electron chi connectivity index (χ3n) is 6.50. The zero-order chi connectivity index (χ0) is 28.1. The first-order chi connectivity index (χ1) is 19.5. The molecule has 0 unspecified atom stereocenters. The number of hydrogen-bond acceptors (Lipinski definition) is 8. The van der Waals surface area contributed by atoms with Gasteiger partial charge in [-0.3, -0.25) is 13.9 Å². The van der Waals surface area contributed by atoms with Crippen molar-refractivity contribution in [2.75, 3.05) is 13.7 Å². The number of aromatic nitrogens is 6. The number of rotatable bonds is 12. The Bertz CT molecular complexity index is 1700. The Morgan fingerprint density at radius 2 is 1.55 bits per heavy atom. The lowest BCUT2D eigenvalue weighted by atomic mass is 10.2. The maximum absolute atomic E-state index is 13.0. The fourth-order valence-corrected chi connectivity index (χ4v) is 4.48. The number of imidazole rings is 1. The Kier molecular flexibility index (Phi) is 8.09. The fourth-order valence-electron chi connectivity index (χ4n) is 4.48. The van der Waals surface area contributed by atoms with E-state index in [0.29, 0.717) is 73.4 Å². The van der Waals surface area contributed by atoms with Crippen LogP contribution in [0.4, 0.5) is 0 Å². The summed E-state index contributed by atoms with van der Waals surface area (Å²) >= 11 is 0. The highest BCUT2D eigenvalue weighted by Crippen LogP contribution is 2.23. The summed E-state index contributed by atoms with van der Waals surface area (Å²) in [5.41, 5.74) is 1.69. The molecule has 5 rings (SSSR count). The van der Waals surface area contributed by atoms with Crippen LogP contribution >= 0.6 is 0 Å². The number of methoxy groups -OCH3 is 1. The quantitative estimate of drug-likeness (QED) is 0.228. The average molecular weight is 545 g/mol. The van der Waals surface area contributed by atoms with Crippen LogP contribution in [0.1, 0.15) is 38.9 Å². The second-order valence-corrected chi connectivity index (χ2v) is 9.40. The van der Waals surface area contributed by atoms with Gasteiger partial charge in [0, 0.05) is 30.6 Å². The van der Waals surface area contributed by atoms with Gasteiger partial charge >= 0.3 is 5.69 Å². The molecule has 0 aliphatic rings. The van der Waals surface area contributed by atoms with Crippen molar-refractivity contribution >= 4 is 11.2 Å². The summed E-state index contributed by atoms with van der Waals surface area (Å²) in [5.74, 6) is 3.09. The second kappa shape index (κ2) is 12.0. The van der Waals surface area contributed by atoms with Gasteiger partial charge in [-0.05, 0) is 67.8 Å². The first-order valence-corrected chi connectivity index (χ1v) is 13.5. The molecule has 2 aromatic carbocycles. The van der Waals surface area contributed by atoms with Gasteiger partial charge < -0.3 is 19.0 Å². The first kappa shape index (κ1) is 26.9. The molecule has 1 N–H and O–H groups in total. The van der Waals surface area contributed by atoms with Crippen LogP contribution in [0.25, 0.3) is 34.0 Å². The Balaban J connectivity index is 1.22. The van der Waals surface area contributed by atoms with Gasteiger partial charge in [-0.1, -0.05) is 19.0 Å². The number of aryl methyl sites for hydroxylation is 2. The Morgan fingerprint density at radius 1 is 0.875 bits per heavy atom. The summed E-state index contributed by atoms with van der Waals surface area (Å²) in [6.07, 6.45) is 2.77. The fraction of sp³-hybridized carbons (Fsp3) is 0.345. The topological polar surface area (TPSA) is 130 Å². The van der Waals surface area contributed by atoms with Crippen LogP contribution < -0.4 is 20.7 Å². The standard InChI is InChI=1S/C29H32N6O5/c1-4-16-34-26-24(28(36)35(17-5-2)29(34)37)31-25(32-26)19-8-14-22(15-9-19)39-18-6-7-23-30-27(40-33-23)20-10-12-21(38-3)13-11-20/h8-15H,4-7,16-18H2,1-3H3,(H,31,32). The van der Waals surface area contributed by atoms with Crippen LogP contribution in [-0.2, 0) is 19.5 Å². The van der Waals surface area contributed by atoms with Gasteiger partial charge in [-0.15, -0.1) is 0 Å². The Morgan fingerprint density at radius 3 is 2.25 bits per heavy atom. The first-order valence-electron chi connectivity index (χ1n) is 13.5. The van der Waals surface area contributed by atoms with Gasteiger partial charge in [0.2, 0.25) is 0 Å². The molecule has 40 heavy (non-hydrogen) atoms.